The molecule has 11 heteroatoms. The highest BCUT2D eigenvalue weighted by Gasteiger charge is 2.40. The van der Waals surface area contributed by atoms with Gasteiger partial charge in [0.05, 0.1) is 24.3 Å². The molecule has 1 aliphatic heterocycles. The third-order valence-electron chi connectivity index (χ3n) is 8.06. The summed E-state index contributed by atoms with van der Waals surface area (Å²) in [7, 11) is 2.96. The van der Waals surface area contributed by atoms with Gasteiger partial charge in [0, 0.05) is 25.4 Å². The zero-order valence-electron chi connectivity index (χ0n) is 28.7. The van der Waals surface area contributed by atoms with Crippen molar-refractivity contribution in [1.82, 2.24) is 20.9 Å². The number of imide groups is 1. The van der Waals surface area contributed by atoms with E-state index >= 15 is 0 Å². The van der Waals surface area contributed by atoms with Gasteiger partial charge in [-0.2, -0.15) is 0 Å². The van der Waals surface area contributed by atoms with Crippen molar-refractivity contribution in [2.45, 2.75) is 77.6 Å². The van der Waals surface area contributed by atoms with Crippen LogP contribution in [0, 0.1) is 5.92 Å². The number of ether oxygens (including phenoxy) is 2. The molecule has 0 aromatic heterocycles. The van der Waals surface area contributed by atoms with Crippen LogP contribution in [0.15, 0.2) is 60.7 Å². The van der Waals surface area contributed by atoms with Crippen LogP contribution in [-0.4, -0.2) is 78.9 Å². The highest BCUT2D eigenvalue weighted by Crippen LogP contribution is 2.38. The van der Waals surface area contributed by atoms with E-state index in [0.29, 0.717) is 17.6 Å². The second-order valence-electron chi connectivity index (χ2n) is 13.4. The van der Waals surface area contributed by atoms with Crippen molar-refractivity contribution in [1.29, 1.82) is 0 Å². The van der Waals surface area contributed by atoms with Gasteiger partial charge in [-0.25, -0.2) is 0 Å². The number of benzene rings is 3. The number of fused-ring (bicyclic) bond motifs is 2. The van der Waals surface area contributed by atoms with Gasteiger partial charge in [-0.15, -0.1) is 0 Å². The van der Waals surface area contributed by atoms with Crippen molar-refractivity contribution in [2.75, 3.05) is 20.7 Å². The van der Waals surface area contributed by atoms with E-state index in [0.717, 1.165) is 15.8 Å². The number of methoxy groups -OCH3 is 1. The highest BCUT2D eigenvalue weighted by molar-refractivity contribution is 6.25. The van der Waals surface area contributed by atoms with Crippen LogP contribution in [0.5, 0.6) is 5.75 Å². The molecule has 0 saturated heterocycles. The molecule has 0 unspecified atom stereocenters. The average molecular weight is 659 g/mol. The molecule has 0 radical (unpaired) electrons. The van der Waals surface area contributed by atoms with Crippen LogP contribution in [0.25, 0.3) is 10.8 Å². The molecule has 3 atom stereocenters. The largest absolute Gasteiger partial charge is 0.495 e. The Morgan fingerprint density at radius 3 is 2.17 bits per heavy atom. The van der Waals surface area contributed by atoms with Gasteiger partial charge in [0.15, 0.2) is 0 Å². The topological polar surface area (TPSA) is 143 Å². The minimum absolute atomic E-state index is 0.0209. The summed E-state index contributed by atoms with van der Waals surface area (Å²) in [5.74, 6) is -2.10. The fraction of sp³-hybridized carbons (Fsp3) is 0.432. The normalized spacial score (nSPS) is 14.8. The third kappa shape index (κ3) is 8.57. The van der Waals surface area contributed by atoms with Crippen LogP contribution in [0.3, 0.4) is 0 Å². The quantitative estimate of drug-likeness (QED) is 0.174. The van der Waals surface area contributed by atoms with E-state index in [4.69, 9.17) is 9.47 Å². The van der Waals surface area contributed by atoms with Gasteiger partial charge in [0.25, 0.3) is 11.8 Å². The van der Waals surface area contributed by atoms with Crippen molar-refractivity contribution in [2.24, 2.45) is 5.92 Å². The molecule has 0 aliphatic carbocycles. The van der Waals surface area contributed by atoms with Gasteiger partial charge in [-0.3, -0.25) is 34.2 Å². The zero-order chi connectivity index (χ0) is 35.2. The highest BCUT2D eigenvalue weighted by atomic mass is 16.6. The maximum Gasteiger partial charge on any atom is 0.323 e. The fourth-order valence-electron chi connectivity index (χ4n) is 5.85. The Morgan fingerprint density at radius 2 is 1.54 bits per heavy atom. The first kappa shape index (κ1) is 36.1. The van der Waals surface area contributed by atoms with E-state index < -0.39 is 47.4 Å². The van der Waals surface area contributed by atoms with Crippen molar-refractivity contribution >= 4 is 40.4 Å². The van der Waals surface area contributed by atoms with E-state index in [1.54, 1.807) is 26.8 Å². The standard InChI is InChI=1S/C37H46N4O7/c1-22(2)19-28(33(43)40-29(32(42)38-6)20-23-13-9-8-10-14-23)39-27(36(46)48-37(3,4)5)17-18-41-34(44)26-21-24-15-11-12-16-25(24)31(47-7)30(26)35(41)45/h8-16,21-22,27-29,39H,17-20H2,1-7H3,(H,38,42)(H,40,43)/t27-,28+,29+/m1/s1. The van der Waals surface area contributed by atoms with Crippen LogP contribution < -0.4 is 20.7 Å². The number of carbonyl (C=O) groups excluding carboxylic acids is 5. The Morgan fingerprint density at radius 1 is 0.875 bits per heavy atom. The summed E-state index contributed by atoms with van der Waals surface area (Å²) in [5, 5.41) is 10.1. The lowest BCUT2D eigenvalue weighted by Gasteiger charge is -2.30. The SMILES string of the molecule is CNC(=O)[C@H](Cc1ccccc1)NC(=O)[C@H](CC(C)C)N[C@H](CCN1C(=O)c2cc3ccccc3c(OC)c2C1=O)C(=O)OC(C)(C)C. The predicted molar refractivity (Wildman–Crippen MR) is 183 cm³/mol. The second kappa shape index (κ2) is 15.4. The molecule has 0 bridgehead atoms. The monoisotopic (exact) mass is 658 g/mol. The number of nitrogens with one attached hydrogen (secondary N) is 3. The molecule has 0 spiro atoms. The zero-order valence-corrected chi connectivity index (χ0v) is 28.7. The molecular weight excluding hydrogens is 612 g/mol. The van der Waals surface area contributed by atoms with Crippen LogP contribution in [0.1, 0.15) is 73.7 Å². The number of carbonyl (C=O) groups is 5. The van der Waals surface area contributed by atoms with E-state index in [2.05, 4.69) is 16.0 Å². The van der Waals surface area contributed by atoms with Crippen LogP contribution in [0.4, 0.5) is 0 Å². The molecule has 3 aromatic carbocycles. The predicted octanol–water partition coefficient (Wildman–Crippen LogP) is 4.02. The third-order valence-corrected chi connectivity index (χ3v) is 8.06. The summed E-state index contributed by atoms with van der Waals surface area (Å²) in [4.78, 5) is 68.5. The van der Waals surface area contributed by atoms with E-state index in [-0.39, 0.29) is 42.3 Å². The van der Waals surface area contributed by atoms with Gasteiger partial charge in [-0.05, 0) is 56.5 Å². The lowest BCUT2D eigenvalue weighted by molar-refractivity contribution is -0.158. The number of amides is 4. The van der Waals surface area contributed by atoms with Gasteiger partial charge in [0.2, 0.25) is 11.8 Å². The molecule has 0 fully saturated rings. The van der Waals surface area contributed by atoms with E-state index in [1.807, 2.05) is 68.4 Å². The number of nitrogens with zero attached hydrogens (tertiary/aromatic N) is 1. The number of esters is 1. The number of rotatable bonds is 14. The second-order valence-corrected chi connectivity index (χ2v) is 13.4. The molecule has 1 heterocycles. The maximum absolute atomic E-state index is 13.8. The minimum atomic E-state index is -1.06. The minimum Gasteiger partial charge on any atom is -0.495 e. The van der Waals surface area contributed by atoms with Crippen LogP contribution in [-0.2, 0) is 25.5 Å². The van der Waals surface area contributed by atoms with Gasteiger partial charge in [0.1, 0.15) is 23.4 Å². The summed E-state index contributed by atoms with van der Waals surface area (Å²) in [6.45, 7) is 8.98. The summed E-state index contributed by atoms with van der Waals surface area (Å²) in [6.07, 6.45) is 0.592. The Labute approximate surface area is 281 Å². The Hall–Kier alpha value is -4.77. The van der Waals surface area contributed by atoms with Crippen molar-refractivity contribution in [3.63, 3.8) is 0 Å². The van der Waals surface area contributed by atoms with Crippen molar-refractivity contribution in [3.8, 4) is 5.75 Å². The molecule has 11 nitrogen and oxygen atoms in total. The molecule has 3 aromatic rings. The Balaban J connectivity index is 1.58. The smallest absolute Gasteiger partial charge is 0.323 e. The van der Waals surface area contributed by atoms with Gasteiger partial charge in [-0.1, -0.05) is 68.4 Å². The van der Waals surface area contributed by atoms with Gasteiger partial charge < -0.3 is 20.1 Å². The first-order chi connectivity index (χ1) is 22.7. The van der Waals surface area contributed by atoms with Crippen molar-refractivity contribution in [3.05, 3.63) is 77.4 Å². The molecular formula is C37H46N4O7. The Kier molecular flexibility index (Phi) is 11.6. The number of hydrogen-bond donors (Lipinski definition) is 3. The Bertz CT molecular complexity index is 1670. The molecule has 3 N–H and O–H groups in total. The van der Waals surface area contributed by atoms with Crippen LogP contribution in [0.2, 0.25) is 0 Å². The summed E-state index contributed by atoms with van der Waals surface area (Å²) < 4.78 is 11.3. The van der Waals surface area contributed by atoms with E-state index in [1.165, 1.54) is 14.2 Å². The average Bonchev–Trinajstić information content (AvgIpc) is 3.27. The molecule has 4 rings (SSSR count). The summed E-state index contributed by atoms with van der Waals surface area (Å²) in [6, 6.07) is 15.6. The van der Waals surface area contributed by atoms with E-state index in [9.17, 15) is 24.0 Å². The molecule has 0 saturated carbocycles. The lowest BCUT2D eigenvalue weighted by atomic mass is 9.99. The molecule has 4 amide bonds. The molecule has 256 valence electrons. The van der Waals surface area contributed by atoms with Crippen LogP contribution >= 0.6 is 0 Å². The number of likely N-dealkylation sites (N-methyl/N-ethyl adjacent to an activating group) is 1. The maximum atomic E-state index is 13.8. The molecule has 1 aliphatic rings. The van der Waals surface area contributed by atoms with Gasteiger partial charge >= 0.3 is 5.97 Å². The fourth-order valence-corrected chi connectivity index (χ4v) is 5.85. The summed E-state index contributed by atoms with van der Waals surface area (Å²) >= 11 is 0. The summed E-state index contributed by atoms with van der Waals surface area (Å²) in [5.41, 5.74) is 0.444. The lowest BCUT2D eigenvalue weighted by Crippen LogP contribution is -2.57. The number of hydrogen-bond acceptors (Lipinski definition) is 8. The molecule has 48 heavy (non-hydrogen) atoms. The first-order valence-corrected chi connectivity index (χ1v) is 16.2. The first-order valence-electron chi connectivity index (χ1n) is 16.2. The van der Waals surface area contributed by atoms with Crippen molar-refractivity contribution < 1.29 is 33.4 Å².